The number of hydrogen-bond donors (Lipinski definition) is 1. The topological polar surface area (TPSA) is 104 Å². The van der Waals surface area contributed by atoms with Gasteiger partial charge in [-0.1, -0.05) is 6.07 Å². The summed E-state index contributed by atoms with van der Waals surface area (Å²) in [7, 11) is 0. The molecule has 0 aliphatic heterocycles. The zero-order valence-electron chi connectivity index (χ0n) is 8.43. The van der Waals surface area contributed by atoms with E-state index in [4.69, 9.17) is 10.4 Å². The summed E-state index contributed by atoms with van der Waals surface area (Å²) >= 11 is 0. The molecule has 0 aromatic heterocycles. The Morgan fingerprint density at radius 2 is 2.25 bits per heavy atom. The second kappa shape index (κ2) is 4.40. The third-order valence-electron chi connectivity index (χ3n) is 2.21. The Bertz CT molecular complexity index is 502. The van der Waals surface area contributed by atoms with Crippen molar-refractivity contribution in [3.8, 4) is 6.07 Å². The average Bonchev–Trinajstić information content (AvgIpc) is 2.19. The lowest BCUT2D eigenvalue weighted by Crippen LogP contribution is -2.04. The van der Waals surface area contributed by atoms with Crippen molar-refractivity contribution < 1.29 is 14.8 Å². The van der Waals surface area contributed by atoms with E-state index in [1.807, 2.05) is 0 Å². The molecule has 0 aliphatic carbocycles. The first-order valence-electron chi connectivity index (χ1n) is 4.36. The number of rotatable bonds is 3. The van der Waals surface area contributed by atoms with E-state index in [0.717, 1.165) is 6.07 Å². The molecule has 0 amide bonds. The lowest BCUT2D eigenvalue weighted by atomic mass is 9.99. The van der Waals surface area contributed by atoms with Crippen molar-refractivity contribution in [2.45, 2.75) is 13.3 Å². The van der Waals surface area contributed by atoms with Gasteiger partial charge in [0.2, 0.25) is 0 Å². The van der Waals surface area contributed by atoms with E-state index in [-0.39, 0.29) is 17.7 Å². The van der Waals surface area contributed by atoms with Crippen molar-refractivity contribution >= 4 is 11.7 Å². The Morgan fingerprint density at radius 3 is 2.69 bits per heavy atom. The van der Waals surface area contributed by atoms with E-state index in [1.54, 1.807) is 6.07 Å². The van der Waals surface area contributed by atoms with Gasteiger partial charge in [-0.2, -0.15) is 5.26 Å². The van der Waals surface area contributed by atoms with Crippen LogP contribution in [0, 0.1) is 28.4 Å². The number of hydrogen-bond acceptors (Lipinski definition) is 4. The van der Waals surface area contributed by atoms with Crippen molar-refractivity contribution in [1.29, 1.82) is 5.26 Å². The molecular weight excluding hydrogens is 212 g/mol. The Kier molecular flexibility index (Phi) is 3.20. The molecule has 1 aromatic rings. The average molecular weight is 220 g/mol. The van der Waals surface area contributed by atoms with E-state index < -0.39 is 10.9 Å². The quantitative estimate of drug-likeness (QED) is 0.612. The summed E-state index contributed by atoms with van der Waals surface area (Å²) in [4.78, 5) is 20.5. The highest BCUT2D eigenvalue weighted by Crippen LogP contribution is 2.24. The molecule has 6 nitrogen and oxygen atoms in total. The van der Waals surface area contributed by atoms with Gasteiger partial charge in [0, 0.05) is 6.07 Å². The number of nitrogens with zero attached hydrogens (tertiary/aromatic N) is 2. The van der Waals surface area contributed by atoms with Crippen LogP contribution in [0.25, 0.3) is 0 Å². The maximum atomic E-state index is 10.6. The van der Waals surface area contributed by atoms with Crippen LogP contribution in [-0.2, 0) is 11.2 Å². The Morgan fingerprint density at radius 1 is 1.62 bits per heavy atom. The number of benzene rings is 1. The van der Waals surface area contributed by atoms with Gasteiger partial charge in [-0.15, -0.1) is 0 Å². The number of carbonyl (C=O) groups is 1. The molecule has 0 fully saturated rings. The molecule has 82 valence electrons. The van der Waals surface area contributed by atoms with Gasteiger partial charge in [-0.3, -0.25) is 14.9 Å². The normalized spacial score (nSPS) is 9.50. The molecule has 1 aromatic carbocycles. The predicted molar refractivity (Wildman–Crippen MR) is 53.9 cm³/mol. The molecular formula is C10H8N2O4. The zero-order chi connectivity index (χ0) is 12.3. The fourth-order valence-corrected chi connectivity index (χ4v) is 1.39. The van der Waals surface area contributed by atoms with Crippen molar-refractivity contribution in [2.75, 3.05) is 0 Å². The molecule has 1 rings (SSSR count). The van der Waals surface area contributed by atoms with Crippen molar-refractivity contribution in [3.63, 3.8) is 0 Å². The number of nitro groups is 1. The lowest BCUT2D eigenvalue weighted by molar-refractivity contribution is -0.385. The maximum absolute atomic E-state index is 10.6. The second-order valence-corrected chi connectivity index (χ2v) is 3.18. The van der Waals surface area contributed by atoms with E-state index in [1.165, 1.54) is 13.0 Å². The number of nitro benzene ring substituents is 1. The molecule has 0 aliphatic rings. The van der Waals surface area contributed by atoms with Gasteiger partial charge >= 0.3 is 5.97 Å². The van der Waals surface area contributed by atoms with Crippen molar-refractivity contribution in [2.24, 2.45) is 0 Å². The minimum Gasteiger partial charge on any atom is -0.481 e. The molecule has 16 heavy (non-hydrogen) atoms. The number of carboxylic acid groups (broad SMARTS) is 1. The molecule has 0 atom stereocenters. The second-order valence-electron chi connectivity index (χ2n) is 3.18. The van der Waals surface area contributed by atoms with Gasteiger partial charge in [-0.25, -0.2) is 0 Å². The van der Waals surface area contributed by atoms with Gasteiger partial charge < -0.3 is 5.11 Å². The number of carboxylic acids is 1. The molecule has 0 bridgehead atoms. The predicted octanol–water partition coefficient (Wildman–Crippen LogP) is 1.40. The Labute approximate surface area is 90.9 Å². The maximum Gasteiger partial charge on any atom is 0.307 e. The highest BCUT2D eigenvalue weighted by molar-refractivity contribution is 5.72. The van der Waals surface area contributed by atoms with Gasteiger partial charge in [-0.05, 0) is 18.1 Å². The summed E-state index contributed by atoms with van der Waals surface area (Å²) in [6.45, 7) is 1.50. The molecule has 0 radical (unpaired) electrons. The number of aliphatic carboxylic acids is 1. The molecule has 0 saturated carbocycles. The summed E-state index contributed by atoms with van der Waals surface area (Å²) in [5.74, 6) is -1.04. The minimum atomic E-state index is -1.04. The van der Waals surface area contributed by atoms with Crippen molar-refractivity contribution in [3.05, 3.63) is 38.9 Å². The highest BCUT2D eigenvalue weighted by Gasteiger charge is 2.18. The van der Waals surface area contributed by atoms with Crippen LogP contribution >= 0.6 is 0 Å². The monoisotopic (exact) mass is 220 g/mol. The first-order valence-corrected chi connectivity index (χ1v) is 4.36. The van der Waals surface area contributed by atoms with Crippen LogP contribution in [0.2, 0.25) is 0 Å². The Hall–Kier alpha value is -2.42. The number of nitriles is 1. The molecule has 0 heterocycles. The third kappa shape index (κ3) is 2.15. The standard InChI is InChI=1S/C10H8N2O4/c1-6-7(4-10(13)14)2-3-9(12(15)16)8(6)5-11/h2-3H,4H2,1H3,(H,13,14). The van der Waals surface area contributed by atoms with E-state index >= 15 is 0 Å². The molecule has 0 saturated heterocycles. The highest BCUT2D eigenvalue weighted by atomic mass is 16.6. The smallest absolute Gasteiger partial charge is 0.307 e. The van der Waals surface area contributed by atoms with Crippen LogP contribution in [0.4, 0.5) is 5.69 Å². The van der Waals surface area contributed by atoms with Gasteiger partial charge in [0.15, 0.2) is 0 Å². The van der Waals surface area contributed by atoms with Gasteiger partial charge in [0.05, 0.1) is 11.3 Å². The van der Waals surface area contributed by atoms with Crippen molar-refractivity contribution in [1.82, 2.24) is 0 Å². The summed E-state index contributed by atoms with van der Waals surface area (Å²) in [6.07, 6.45) is -0.251. The van der Waals surface area contributed by atoms with E-state index in [0.29, 0.717) is 11.1 Å². The fourth-order valence-electron chi connectivity index (χ4n) is 1.39. The first kappa shape index (κ1) is 11.7. The van der Waals surface area contributed by atoms with E-state index in [9.17, 15) is 14.9 Å². The largest absolute Gasteiger partial charge is 0.481 e. The van der Waals surface area contributed by atoms with E-state index in [2.05, 4.69) is 0 Å². The van der Waals surface area contributed by atoms with Crippen LogP contribution in [0.15, 0.2) is 12.1 Å². The Balaban J connectivity index is 3.35. The SMILES string of the molecule is Cc1c(CC(=O)O)ccc([N+](=O)[O-])c1C#N. The lowest BCUT2D eigenvalue weighted by Gasteiger charge is -2.05. The van der Waals surface area contributed by atoms with Crippen LogP contribution in [0.3, 0.4) is 0 Å². The molecule has 0 spiro atoms. The van der Waals surface area contributed by atoms with Crippen LogP contribution < -0.4 is 0 Å². The van der Waals surface area contributed by atoms with Gasteiger partial charge in [0.25, 0.3) is 5.69 Å². The van der Waals surface area contributed by atoms with Crippen LogP contribution in [0.1, 0.15) is 16.7 Å². The molecule has 1 N–H and O–H groups in total. The molecule has 6 heteroatoms. The van der Waals surface area contributed by atoms with Gasteiger partial charge in [0.1, 0.15) is 11.6 Å². The third-order valence-corrected chi connectivity index (χ3v) is 2.21. The first-order chi connectivity index (χ1) is 7.47. The van der Waals surface area contributed by atoms with Crippen LogP contribution in [0.5, 0.6) is 0 Å². The fraction of sp³-hybridized carbons (Fsp3) is 0.200. The summed E-state index contributed by atoms with van der Waals surface area (Å²) < 4.78 is 0. The zero-order valence-corrected chi connectivity index (χ0v) is 8.43. The minimum absolute atomic E-state index is 0.0799. The summed E-state index contributed by atoms with van der Waals surface area (Å²) in [6, 6.07) is 4.24. The summed E-state index contributed by atoms with van der Waals surface area (Å²) in [5, 5.41) is 28.0. The molecule has 0 unspecified atom stereocenters. The summed E-state index contributed by atoms with van der Waals surface area (Å²) in [5.41, 5.74) is 0.381. The van der Waals surface area contributed by atoms with Crippen LogP contribution in [-0.4, -0.2) is 16.0 Å².